The summed E-state index contributed by atoms with van der Waals surface area (Å²) in [5, 5.41) is 6.48. The fourth-order valence-electron chi connectivity index (χ4n) is 1.68. The van der Waals surface area contributed by atoms with Crippen molar-refractivity contribution in [2.75, 3.05) is 17.2 Å². The van der Waals surface area contributed by atoms with Crippen LogP contribution in [0, 0.1) is 0 Å². The van der Waals surface area contributed by atoms with Gasteiger partial charge in [-0.15, -0.1) is 0 Å². The number of hydrogen-bond donors (Lipinski definition) is 2. The lowest BCUT2D eigenvalue weighted by Crippen LogP contribution is -2.08. The predicted molar refractivity (Wildman–Crippen MR) is 76.3 cm³/mol. The first-order valence-electron chi connectivity index (χ1n) is 6.58. The normalized spacial score (nSPS) is 10.7. The summed E-state index contributed by atoms with van der Waals surface area (Å²) in [4.78, 5) is 8.99. The van der Waals surface area contributed by atoms with Gasteiger partial charge in [0.2, 0.25) is 0 Å². The van der Waals surface area contributed by atoms with Crippen molar-refractivity contribution in [3.05, 3.63) is 36.0 Å². The van der Waals surface area contributed by atoms with Crippen molar-refractivity contribution in [3.8, 4) is 0 Å². The molecule has 0 spiro atoms. The molecule has 0 aliphatic carbocycles. The Morgan fingerprint density at radius 1 is 1.21 bits per heavy atom. The zero-order chi connectivity index (χ0) is 13.7. The van der Waals surface area contributed by atoms with Crippen LogP contribution in [0.3, 0.4) is 0 Å². The molecule has 19 heavy (non-hydrogen) atoms. The molecule has 2 aromatic heterocycles. The summed E-state index contributed by atoms with van der Waals surface area (Å²) in [6, 6.07) is 5.72. The Morgan fingerprint density at radius 3 is 2.53 bits per heavy atom. The van der Waals surface area contributed by atoms with Crippen molar-refractivity contribution in [2.24, 2.45) is 0 Å². The molecule has 0 aromatic carbocycles. The Hall–Kier alpha value is -2.04. The van der Waals surface area contributed by atoms with Gasteiger partial charge in [0.1, 0.15) is 23.2 Å². The maximum Gasteiger partial charge on any atom is 0.135 e. The average Bonchev–Trinajstić information content (AvgIpc) is 2.89. The molecule has 0 aliphatic rings. The van der Waals surface area contributed by atoms with Gasteiger partial charge in [0.05, 0.1) is 12.8 Å². The van der Waals surface area contributed by atoms with E-state index in [9.17, 15) is 0 Å². The molecular weight excluding hydrogens is 240 g/mol. The Kier molecular flexibility index (Phi) is 4.39. The molecule has 0 fully saturated rings. The molecule has 5 heteroatoms. The van der Waals surface area contributed by atoms with E-state index < -0.39 is 0 Å². The van der Waals surface area contributed by atoms with Crippen LogP contribution in [0.1, 0.15) is 38.3 Å². The molecule has 2 heterocycles. The summed E-state index contributed by atoms with van der Waals surface area (Å²) in [5.74, 6) is 3.67. The summed E-state index contributed by atoms with van der Waals surface area (Å²) >= 11 is 0. The Balaban J connectivity index is 2.13. The molecule has 5 nitrogen and oxygen atoms in total. The molecule has 2 rings (SSSR count). The van der Waals surface area contributed by atoms with Gasteiger partial charge in [-0.1, -0.05) is 13.8 Å². The molecule has 2 N–H and O–H groups in total. The number of aromatic nitrogens is 2. The van der Waals surface area contributed by atoms with Crippen molar-refractivity contribution < 1.29 is 4.42 Å². The van der Waals surface area contributed by atoms with E-state index in [2.05, 4.69) is 34.4 Å². The lowest BCUT2D eigenvalue weighted by atomic mass is 10.2. The van der Waals surface area contributed by atoms with Crippen molar-refractivity contribution in [3.63, 3.8) is 0 Å². The summed E-state index contributed by atoms with van der Waals surface area (Å²) < 4.78 is 5.29. The lowest BCUT2D eigenvalue weighted by Gasteiger charge is -2.11. The number of rotatable bonds is 6. The molecule has 102 valence electrons. The van der Waals surface area contributed by atoms with Crippen molar-refractivity contribution >= 4 is 11.6 Å². The van der Waals surface area contributed by atoms with E-state index in [1.54, 1.807) is 6.26 Å². The molecule has 0 saturated carbocycles. The fraction of sp³-hybridized carbons (Fsp3) is 0.429. The second-order valence-electron chi connectivity index (χ2n) is 4.61. The molecule has 2 aromatic rings. The van der Waals surface area contributed by atoms with Gasteiger partial charge < -0.3 is 15.1 Å². The molecule has 0 unspecified atom stereocenters. The van der Waals surface area contributed by atoms with E-state index >= 15 is 0 Å². The minimum Gasteiger partial charge on any atom is -0.467 e. The standard InChI is InChI=1S/C14H20N4O/c1-4-15-12-8-13(18-14(17-12)10(2)3)16-9-11-6-5-7-19-11/h5-8,10H,4,9H2,1-3H3,(H2,15,16,17,18). The molecule has 0 amide bonds. The number of nitrogens with one attached hydrogen (secondary N) is 2. The Labute approximate surface area is 113 Å². The lowest BCUT2D eigenvalue weighted by molar-refractivity contribution is 0.517. The van der Waals surface area contributed by atoms with Gasteiger partial charge in [0, 0.05) is 18.5 Å². The maximum absolute atomic E-state index is 5.29. The summed E-state index contributed by atoms with van der Waals surface area (Å²) in [5.41, 5.74) is 0. The van der Waals surface area contributed by atoms with E-state index in [0.29, 0.717) is 12.5 Å². The van der Waals surface area contributed by atoms with E-state index in [0.717, 1.165) is 29.8 Å². The van der Waals surface area contributed by atoms with Gasteiger partial charge >= 0.3 is 0 Å². The van der Waals surface area contributed by atoms with Crippen molar-refractivity contribution in [1.82, 2.24) is 9.97 Å². The minimum atomic E-state index is 0.294. The first-order valence-corrected chi connectivity index (χ1v) is 6.58. The fourth-order valence-corrected chi connectivity index (χ4v) is 1.68. The molecular formula is C14H20N4O. The van der Waals surface area contributed by atoms with Crippen LogP contribution in [0.2, 0.25) is 0 Å². The van der Waals surface area contributed by atoms with Gasteiger partial charge in [-0.25, -0.2) is 9.97 Å². The summed E-state index contributed by atoms with van der Waals surface area (Å²) in [6.45, 7) is 7.68. The summed E-state index contributed by atoms with van der Waals surface area (Å²) in [7, 11) is 0. The van der Waals surface area contributed by atoms with Crippen LogP contribution in [0.4, 0.5) is 11.6 Å². The molecule has 0 atom stereocenters. The third-order valence-electron chi connectivity index (χ3n) is 2.64. The summed E-state index contributed by atoms with van der Waals surface area (Å²) in [6.07, 6.45) is 1.67. The highest BCUT2D eigenvalue weighted by Crippen LogP contribution is 2.17. The maximum atomic E-state index is 5.29. The second-order valence-corrected chi connectivity index (χ2v) is 4.61. The molecule has 0 bridgehead atoms. The van der Waals surface area contributed by atoms with Crippen molar-refractivity contribution in [2.45, 2.75) is 33.2 Å². The van der Waals surface area contributed by atoms with Crippen LogP contribution in [-0.2, 0) is 6.54 Å². The van der Waals surface area contributed by atoms with E-state index in [1.807, 2.05) is 25.1 Å². The number of hydrogen-bond acceptors (Lipinski definition) is 5. The topological polar surface area (TPSA) is 63.0 Å². The van der Waals surface area contributed by atoms with Gasteiger partial charge in [0.25, 0.3) is 0 Å². The van der Waals surface area contributed by atoms with Gasteiger partial charge in [-0.05, 0) is 19.1 Å². The van der Waals surface area contributed by atoms with Crippen LogP contribution in [0.5, 0.6) is 0 Å². The van der Waals surface area contributed by atoms with E-state index in [-0.39, 0.29) is 0 Å². The number of anilines is 2. The monoisotopic (exact) mass is 260 g/mol. The van der Waals surface area contributed by atoms with Crippen LogP contribution in [0.15, 0.2) is 28.9 Å². The third-order valence-corrected chi connectivity index (χ3v) is 2.64. The highest BCUT2D eigenvalue weighted by molar-refractivity contribution is 5.47. The SMILES string of the molecule is CCNc1cc(NCc2ccco2)nc(C(C)C)n1. The third kappa shape index (κ3) is 3.71. The minimum absolute atomic E-state index is 0.294. The molecule has 0 saturated heterocycles. The van der Waals surface area contributed by atoms with Gasteiger partial charge in [0.15, 0.2) is 0 Å². The Bertz CT molecular complexity index is 508. The van der Waals surface area contributed by atoms with Gasteiger partial charge in [-0.3, -0.25) is 0 Å². The van der Waals surface area contributed by atoms with E-state index in [4.69, 9.17) is 4.42 Å². The first kappa shape index (κ1) is 13.4. The largest absolute Gasteiger partial charge is 0.467 e. The highest BCUT2D eigenvalue weighted by Gasteiger charge is 2.08. The quantitative estimate of drug-likeness (QED) is 0.834. The van der Waals surface area contributed by atoms with Crippen LogP contribution in [0.25, 0.3) is 0 Å². The van der Waals surface area contributed by atoms with Gasteiger partial charge in [-0.2, -0.15) is 0 Å². The molecule has 0 aliphatic heterocycles. The first-order chi connectivity index (χ1) is 9.19. The van der Waals surface area contributed by atoms with Crippen LogP contribution < -0.4 is 10.6 Å². The predicted octanol–water partition coefficient (Wildman–Crippen LogP) is 3.24. The number of nitrogens with zero attached hydrogens (tertiary/aromatic N) is 2. The zero-order valence-electron chi connectivity index (χ0n) is 11.6. The van der Waals surface area contributed by atoms with Crippen LogP contribution in [-0.4, -0.2) is 16.5 Å². The zero-order valence-corrected chi connectivity index (χ0v) is 11.6. The smallest absolute Gasteiger partial charge is 0.135 e. The van der Waals surface area contributed by atoms with Crippen LogP contribution >= 0.6 is 0 Å². The second kappa shape index (κ2) is 6.22. The Morgan fingerprint density at radius 2 is 1.95 bits per heavy atom. The van der Waals surface area contributed by atoms with Crippen molar-refractivity contribution in [1.29, 1.82) is 0 Å². The van der Waals surface area contributed by atoms with E-state index in [1.165, 1.54) is 0 Å². The average molecular weight is 260 g/mol. The highest BCUT2D eigenvalue weighted by atomic mass is 16.3. The molecule has 0 radical (unpaired) electrons. The number of furan rings is 1.